The number of fused-ring (bicyclic) bond motifs is 1. The Balaban J connectivity index is 1.54. The second kappa shape index (κ2) is 9.54. The highest BCUT2D eigenvalue weighted by Gasteiger charge is 2.53. The van der Waals surface area contributed by atoms with Gasteiger partial charge in [0.25, 0.3) is 5.91 Å². The molecule has 1 amide bonds. The molecular weight excluding hydrogens is 443 g/mol. The fraction of sp³-hybridized carbons (Fsp3) is 0.600. The van der Waals surface area contributed by atoms with Gasteiger partial charge in [0.1, 0.15) is 23.8 Å². The van der Waals surface area contributed by atoms with Crippen LogP contribution < -0.4 is 9.47 Å². The number of amides is 1. The lowest BCUT2D eigenvalue weighted by atomic mass is 9.77. The number of hydrogen-bond donors (Lipinski definition) is 0. The molecule has 9 heteroatoms. The third kappa shape index (κ3) is 4.05. The molecular formula is C25H31FN2O6. The van der Waals surface area contributed by atoms with E-state index in [4.69, 9.17) is 18.9 Å². The first-order valence-electron chi connectivity index (χ1n) is 11.9. The number of morpholine rings is 1. The first-order chi connectivity index (χ1) is 16.5. The highest BCUT2D eigenvalue weighted by Crippen LogP contribution is 2.49. The lowest BCUT2D eigenvalue weighted by Gasteiger charge is -2.36. The molecule has 5 rings (SSSR count). The third-order valence-corrected chi connectivity index (χ3v) is 7.37. The first-order valence-corrected chi connectivity index (χ1v) is 11.9. The van der Waals surface area contributed by atoms with Gasteiger partial charge in [-0.3, -0.25) is 14.5 Å². The van der Waals surface area contributed by atoms with E-state index in [2.05, 4.69) is 4.90 Å². The van der Waals surface area contributed by atoms with Gasteiger partial charge in [0.2, 0.25) is 0 Å². The number of carbonyl (C=O) groups excluding carboxylic acids is 2. The molecule has 3 heterocycles. The van der Waals surface area contributed by atoms with Gasteiger partial charge in [0.05, 0.1) is 45.0 Å². The van der Waals surface area contributed by atoms with Gasteiger partial charge in [-0.1, -0.05) is 0 Å². The van der Waals surface area contributed by atoms with Crippen LogP contribution in [0.2, 0.25) is 0 Å². The van der Waals surface area contributed by atoms with E-state index in [1.54, 1.807) is 37.3 Å². The van der Waals surface area contributed by atoms with E-state index in [1.807, 2.05) is 0 Å². The molecule has 184 valence electrons. The number of rotatable bonds is 6. The smallest absolute Gasteiger partial charge is 0.290 e. The standard InChI is InChI=1S/C25H31FN2O6/c1-31-16-4-6-19(32-2)17(14-16)22-21-23(29)18-13-15(26)3-5-20(18)34-24(21)25(30)28(22)8-7-27-9-11-33-12-10-27/h4,6,14-15,18,20,22H,3,5,7-13H2,1-2H3. The summed E-state index contributed by atoms with van der Waals surface area (Å²) in [6.45, 7) is 3.95. The molecule has 1 aliphatic carbocycles. The predicted octanol–water partition coefficient (Wildman–Crippen LogP) is 2.28. The summed E-state index contributed by atoms with van der Waals surface area (Å²) in [7, 11) is 3.12. The monoisotopic (exact) mass is 474 g/mol. The van der Waals surface area contributed by atoms with E-state index in [9.17, 15) is 14.0 Å². The van der Waals surface area contributed by atoms with Gasteiger partial charge in [-0.2, -0.15) is 0 Å². The van der Waals surface area contributed by atoms with Crippen LogP contribution in [0.5, 0.6) is 11.5 Å². The fourth-order valence-electron chi connectivity index (χ4n) is 5.54. The van der Waals surface area contributed by atoms with Crippen LogP contribution in [0.25, 0.3) is 0 Å². The summed E-state index contributed by atoms with van der Waals surface area (Å²) in [5.41, 5.74) is 0.971. The minimum Gasteiger partial charge on any atom is -0.497 e. The Bertz CT molecular complexity index is 992. The Morgan fingerprint density at radius 1 is 1.09 bits per heavy atom. The van der Waals surface area contributed by atoms with Crippen molar-refractivity contribution in [2.75, 3.05) is 53.6 Å². The van der Waals surface area contributed by atoms with Crippen LogP contribution in [0.3, 0.4) is 0 Å². The Labute approximate surface area is 198 Å². The average Bonchev–Trinajstić information content (AvgIpc) is 3.15. The maximum absolute atomic E-state index is 14.2. The molecule has 4 atom stereocenters. The van der Waals surface area contributed by atoms with Crippen LogP contribution in [0.1, 0.15) is 30.9 Å². The number of carbonyl (C=O) groups is 2. The van der Waals surface area contributed by atoms with Crippen molar-refractivity contribution in [2.24, 2.45) is 5.92 Å². The molecule has 1 aromatic rings. The molecule has 1 saturated carbocycles. The van der Waals surface area contributed by atoms with Crippen molar-refractivity contribution in [2.45, 2.75) is 37.6 Å². The van der Waals surface area contributed by atoms with E-state index in [0.717, 1.165) is 13.1 Å². The van der Waals surface area contributed by atoms with E-state index in [-0.39, 0.29) is 23.9 Å². The van der Waals surface area contributed by atoms with Gasteiger partial charge in [0.15, 0.2) is 11.5 Å². The average molecular weight is 475 g/mol. The van der Waals surface area contributed by atoms with Crippen molar-refractivity contribution in [1.29, 1.82) is 0 Å². The third-order valence-electron chi connectivity index (χ3n) is 7.37. The van der Waals surface area contributed by atoms with E-state index < -0.39 is 24.2 Å². The molecule has 2 fully saturated rings. The summed E-state index contributed by atoms with van der Waals surface area (Å²) >= 11 is 0. The molecule has 0 radical (unpaired) electrons. The van der Waals surface area contributed by atoms with Crippen LogP contribution >= 0.6 is 0 Å². The van der Waals surface area contributed by atoms with Crippen molar-refractivity contribution >= 4 is 11.7 Å². The van der Waals surface area contributed by atoms with Gasteiger partial charge in [0, 0.05) is 31.7 Å². The summed E-state index contributed by atoms with van der Waals surface area (Å²) in [6, 6.07) is 4.66. The van der Waals surface area contributed by atoms with Crippen LogP contribution in [0.4, 0.5) is 4.39 Å². The molecule has 1 saturated heterocycles. The number of nitrogens with zero attached hydrogens (tertiary/aromatic N) is 2. The number of ether oxygens (including phenoxy) is 4. The number of alkyl halides is 1. The minimum atomic E-state index is -1.03. The Morgan fingerprint density at radius 3 is 2.62 bits per heavy atom. The van der Waals surface area contributed by atoms with Crippen LogP contribution in [-0.4, -0.2) is 87.4 Å². The zero-order valence-electron chi connectivity index (χ0n) is 19.6. The molecule has 0 N–H and O–H groups in total. The quantitative estimate of drug-likeness (QED) is 0.626. The van der Waals surface area contributed by atoms with Gasteiger partial charge < -0.3 is 23.8 Å². The minimum absolute atomic E-state index is 0.111. The molecule has 4 unspecified atom stereocenters. The Kier molecular flexibility index (Phi) is 6.48. The molecule has 0 aromatic heterocycles. The Hall–Kier alpha value is -2.65. The maximum atomic E-state index is 14.2. The molecule has 4 aliphatic rings. The lowest BCUT2D eigenvalue weighted by molar-refractivity contribution is -0.136. The van der Waals surface area contributed by atoms with Gasteiger partial charge in [-0.15, -0.1) is 0 Å². The highest BCUT2D eigenvalue weighted by molar-refractivity contribution is 6.11. The van der Waals surface area contributed by atoms with Gasteiger partial charge >= 0.3 is 0 Å². The van der Waals surface area contributed by atoms with Gasteiger partial charge in [-0.05, 0) is 37.5 Å². The lowest BCUT2D eigenvalue weighted by Crippen LogP contribution is -2.43. The van der Waals surface area contributed by atoms with Crippen molar-refractivity contribution in [3.05, 3.63) is 35.1 Å². The molecule has 3 aliphatic heterocycles. The number of ketones is 1. The molecule has 0 bridgehead atoms. The van der Waals surface area contributed by atoms with Crippen molar-refractivity contribution in [1.82, 2.24) is 9.80 Å². The molecule has 0 spiro atoms. The van der Waals surface area contributed by atoms with Crippen LogP contribution in [0.15, 0.2) is 29.5 Å². The zero-order valence-corrected chi connectivity index (χ0v) is 19.6. The van der Waals surface area contributed by atoms with Crippen molar-refractivity contribution in [3.8, 4) is 11.5 Å². The number of hydrogen-bond acceptors (Lipinski definition) is 7. The van der Waals surface area contributed by atoms with Crippen LogP contribution in [-0.2, 0) is 19.1 Å². The number of halogens is 1. The van der Waals surface area contributed by atoms with Crippen LogP contribution in [0, 0.1) is 5.92 Å². The largest absolute Gasteiger partial charge is 0.497 e. The second-order valence-corrected chi connectivity index (χ2v) is 9.24. The Morgan fingerprint density at radius 2 is 1.88 bits per heavy atom. The maximum Gasteiger partial charge on any atom is 0.290 e. The summed E-state index contributed by atoms with van der Waals surface area (Å²) in [5, 5.41) is 0. The zero-order chi connectivity index (χ0) is 23.8. The van der Waals surface area contributed by atoms with E-state index in [1.165, 1.54) is 0 Å². The van der Waals surface area contributed by atoms with Crippen molar-refractivity contribution in [3.63, 3.8) is 0 Å². The number of methoxy groups -OCH3 is 2. The summed E-state index contributed by atoms with van der Waals surface area (Å²) in [4.78, 5) is 31.3. The number of Topliss-reactive ketones (excluding diaryl/α,β-unsaturated/α-hetero) is 1. The molecule has 34 heavy (non-hydrogen) atoms. The second-order valence-electron chi connectivity index (χ2n) is 9.24. The van der Waals surface area contributed by atoms with E-state index >= 15 is 0 Å². The van der Waals surface area contributed by atoms with Gasteiger partial charge in [-0.25, -0.2) is 4.39 Å². The normalized spacial score (nSPS) is 29.6. The summed E-state index contributed by atoms with van der Waals surface area (Å²) < 4.78 is 36.9. The van der Waals surface area contributed by atoms with E-state index in [0.29, 0.717) is 61.8 Å². The highest BCUT2D eigenvalue weighted by atomic mass is 19.1. The summed E-state index contributed by atoms with van der Waals surface area (Å²) in [5.74, 6) is 0.187. The molecule has 8 nitrogen and oxygen atoms in total. The number of benzene rings is 1. The fourth-order valence-corrected chi connectivity index (χ4v) is 5.54. The predicted molar refractivity (Wildman–Crippen MR) is 120 cm³/mol. The molecule has 1 aromatic carbocycles. The topological polar surface area (TPSA) is 77.5 Å². The SMILES string of the molecule is COc1ccc(OC)c(C2C3=C(OC4CCC(F)CC4C3=O)C(=O)N2CCN2CCOCC2)c1. The van der Waals surface area contributed by atoms with Crippen molar-refractivity contribution < 1.29 is 32.9 Å². The summed E-state index contributed by atoms with van der Waals surface area (Å²) in [6.07, 6.45) is -0.573. The first kappa shape index (κ1) is 23.1.